The van der Waals surface area contributed by atoms with E-state index in [9.17, 15) is 0 Å². The Labute approximate surface area is 128 Å². The summed E-state index contributed by atoms with van der Waals surface area (Å²) in [7, 11) is 1.99. The first kappa shape index (κ1) is 13.7. The minimum atomic E-state index is 0.730. The molecule has 21 heavy (non-hydrogen) atoms. The number of aromatic nitrogens is 3. The molecule has 0 aliphatic carbocycles. The van der Waals surface area contributed by atoms with E-state index in [-0.39, 0.29) is 0 Å². The smallest absolute Gasteiger partial charge is 0.113 e. The largest absolute Gasteiger partial charge is 0.330 e. The fourth-order valence-corrected chi connectivity index (χ4v) is 2.55. The first-order valence-corrected chi connectivity index (χ1v) is 7.13. The third-order valence-electron chi connectivity index (χ3n) is 3.29. The van der Waals surface area contributed by atoms with Gasteiger partial charge < -0.3 is 4.57 Å². The second-order valence-corrected chi connectivity index (χ2v) is 5.12. The Morgan fingerprint density at radius 1 is 1.19 bits per heavy atom. The topological polar surface area (TPSA) is 30.7 Å². The molecular weight excluding hydrogens is 282 g/mol. The molecule has 2 heterocycles. The molecule has 0 aliphatic rings. The van der Waals surface area contributed by atoms with Crippen LogP contribution >= 0.6 is 11.6 Å². The Morgan fingerprint density at radius 2 is 2.10 bits per heavy atom. The number of nitrogens with zero attached hydrogens (tertiary/aromatic N) is 3. The van der Waals surface area contributed by atoms with Gasteiger partial charge in [-0.3, -0.25) is 0 Å². The summed E-state index contributed by atoms with van der Waals surface area (Å²) in [6.07, 6.45) is 3.28. The number of pyridine rings is 1. The normalized spacial score (nSPS) is 10.4. The molecular formula is C17H14ClN3. The number of hydrogen-bond acceptors (Lipinski definition) is 2. The predicted molar refractivity (Wildman–Crippen MR) is 85.2 cm³/mol. The summed E-state index contributed by atoms with van der Waals surface area (Å²) in [4.78, 5) is 8.79. The van der Waals surface area contributed by atoms with Crippen molar-refractivity contribution in [3.8, 4) is 11.8 Å². The predicted octanol–water partition coefficient (Wildman–Crippen LogP) is 3.61. The first-order chi connectivity index (χ1) is 10.3. The van der Waals surface area contributed by atoms with Crippen LogP contribution in [0.2, 0.25) is 5.02 Å². The summed E-state index contributed by atoms with van der Waals surface area (Å²) in [5, 5.41) is 0.730. The van der Waals surface area contributed by atoms with E-state index in [1.165, 1.54) is 0 Å². The second-order valence-electron chi connectivity index (χ2n) is 4.71. The van der Waals surface area contributed by atoms with E-state index in [4.69, 9.17) is 11.6 Å². The maximum atomic E-state index is 6.22. The molecule has 0 fully saturated rings. The van der Waals surface area contributed by atoms with Gasteiger partial charge in [-0.15, -0.1) is 0 Å². The van der Waals surface area contributed by atoms with Gasteiger partial charge in [-0.25, -0.2) is 9.97 Å². The Morgan fingerprint density at radius 3 is 2.86 bits per heavy atom. The van der Waals surface area contributed by atoms with Crippen molar-refractivity contribution in [3.05, 3.63) is 59.1 Å². The summed E-state index contributed by atoms with van der Waals surface area (Å²) in [5.41, 5.74) is 2.70. The van der Waals surface area contributed by atoms with Crippen molar-refractivity contribution in [3.63, 3.8) is 0 Å². The molecule has 3 aromatic rings. The van der Waals surface area contributed by atoms with E-state index in [0.29, 0.717) is 0 Å². The zero-order chi connectivity index (χ0) is 14.7. The zero-order valence-electron chi connectivity index (χ0n) is 11.7. The van der Waals surface area contributed by atoms with Crippen LogP contribution in [-0.4, -0.2) is 14.5 Å². The summed E-state index contributed by atoms with van der Waals surface area (Å²) >= 11 is 6.22. The van der Waals surface area contributed by atoms with E-state index in [0.717, 1.165) is 40.4 Å². The number of aryl methyl sites for hydroxylation is 2. The number of fused-ring (bicyclic) bond motifs is 1. The molecule has 0 saturated heterocycles. The number of benzene rings is 1. The molecule has 0 unspecified atom stereocenters. The van der Waals surface area contributed by atoms with Crippen molar-refractivity contribution in [1.29, 1.82) is 0 Å². The van der Waals surface area contributed by atoms with Crippen LogP contribution in [0.1, 0.15) is 17.9 Å². The third kappa shape index (κ3) is 2.91. The van der Waals surface area contributed by atoms with Gasteiger partial charge in [0.15, 0.2) is 0 Å². The third-order valence-corrected chi connectivity index (χ3v) is 3.60. The molecule has 0 bridgehead atoms. The highest BCUT2D eigenvalue weighted by atomic mass is 35.5. The molecule has 2 aromatic heterocycles. The molecule has 0 aliphatic heterocycles. The Balaban J connectivity index is 1.76. The van der Waals surface area contributed by atoms with Crippen molar-refractivity contribution >= 4 is 22.6 Å². The SMILES string of the molecule is Cn1c(CCC#Cc2ccccn2)nc2cccc(Cl)c21. The average molecular weight is 296 g/mol. The van der Waals surface area contributed by atoms with Gasteiger partial charge >= 0.3 is 0 Å². The quantitative estimate of drug-likeness (QED) is 0.676. The lowest BCUT2D eigenvalue weighted by molar-refractivity contribution is 0.804. The monoisotopic (exact) mass is 295 g/mol. The molecule has 3 nitrogen and oxygen atoms in total. The second kappa shape index (κ2) is 5.99. The van der Waals surface area contributed by atoms with Crippen molar-refractivity contribution < 1.29 is 0 Å². The van der Waals surface area contributed by atoms with Crippen LogP contribution in [0.4, 0.5) is 0 Å². The molecule has 3 rings (SSSR count). The van der Waals surface area contributed by atoms with Crippen LogP contribution in [0.25, 0.3) is 11.0 Å². The van der Waals surface area contributed by atoms with Crippen molar-refractivity contribution in [1.82, 2.24) is 14.5 Å². The number of imidazole rings is 1. The summed E-state index contributed by atoms with van der Waals surface area (Å²) < 4.78 is 2.04. The maximum absolute atomic E-state index is 6.22. The molecule has 0 amide bonds. The number of rotatable bonds is 2. The highest BCUT2D eigenvalue weighted by molar-refractivity contribution is 6.35. The minimum absolute atomic E-state index is 0.730. The average Bonchev–Trinajstić information content (AvgIpc) is 2.83. The van der Waals surface area contributed by atoms with Crippen molar-refractivity contribution in [2.75, 3.05) is 0 Å². The molecule has 0 N–H and O–H groups in total. The van der Waals surface area contributed by atoms with E-state index in [2.05, 4.69) is 21.8 Å². The Bertz CT molecular complexity index is 826. The Hall–Kier alpha value is -2.31. The molecule has 0 atom stereocenters. The minimum Gasteiger partial charge on any atom is -0.330 e. The van der Waals surface area contributed by atoms with Crippen molar-refractivity contribution in [2.45, 2.75) is 12.8 Å². The summed E-state index contributed by atoms with van der Waals surface area (Å²) in [6, 6.07) is 11.5. The number of para-hydroxylation sites is 1. The molecule has 0 spiro atoms. The molecule has 0 radical (unpaired) electrons. The van der Waals surface area contributed by atoms with Gasteiger partial charge in [0.05, 0.1) is 16.1 Å². The standard InChI is InChI=1S/C17H14ClN3/c1-21-16(20-15-10-6-9-14(18)17(15)21)11-3-2-7-13-8-4-5-12-19-13/h4-6,8-10,12H,3,11H2,1H3. The van der Waals surface area contributed by atoms with E-state index in [1.54, 1.807) is 6.20 Å². The van der Waals surface area contributed by atoms with E-state index >= 15 is 0 Å². The van der Waals surface area contributed by atoms with Crippen LogP contribution in [0.15, 0.2) is 42.6 Å². The number of halogens is 1. The first-order valence-electron chi connectivity index (χ1n) is 6.75. The van der Waals surface area contributed by atoms with Crippen LogP contribution in [-0.2, 0) is 13.5 Å². The lowest BCUT2D eigenvalue weighted by Gasteiger charge is -2.00. The highest BCUT2D eigenvalue weighted by Gasteiger charge is 2.09. The van der Waals surface area contributed by atoms with Crippen LogP contribution < -0.4 is 0 Å². The highest BCUT2D eigenvalue weighted by Crippen LogP contribution is 2.23. The fourth-order valence-electron chi connectivity index (χ4n) is 2.26. The van der Waals surface area contributed by atoms with Gasteiger partial charge in [0.2, 0.25) is 0 Å². The lowest BCUT2D eigenvalue weighted by atomic mass is 10.3. The van der Waals surface area contributed by atoms with Crippen LogP contribution in [0, 0.1) is 11.8 Å². The summed E-state index contributed by atoms with van der Waals surface area (Å²) in [5.74, 6) is 7.19. The van der Waals surface area contributed by atoms with Gasteiger partial charge in [0.25, 0.3) is 0 Å². The van der Waals surface area contributed by atoms with Gasteiger partial charge in [-0.05, 0) is 30.2 Å². The van der Waals surface area contributed by atoms with Crippen LogP contribution in [0.3, 0.4) is 0 Å². The van der Waals surface area contributed by atoms with Gasteiger partial charge in [-0.1, -0.05) is 29.7 Å². The van der Waals surface area contributed by atoms with Gasteiger partial charge in [-0.2, -0.15) is 0 Å². The van der Waals surface area contributed by atoms with Crippen molar-refractivity contribution in [2.24, 2.45) is 7.05 Å². The fraction of sp³-hybridized carbons (Fsp3) is 0.176. The molecule has 0 saturated carbocycles. The van der Waals surface area contributed by atoms with Gasteiger partial charge in [0, 0.05) is 26.1 Å². The number of hydrogen-bond donors (Lipinski definition) is 0. The zero-order valence-corrected chi connectivity index (χ0v) is 12.4. The molecule has 1 aromatic carbocycles. The lowest BCUT2D eigenvalue weighted by Crippen LogP contribution is -1.97. The molecule has 104 valence electrons. The maximum Gasteiger partial charge on any atom is 0.113 e. The molecule has 4 heteroatoms. The Kier molecular flexibility index (Phi) is 3.89. The van der Waals surface area contributed by atoms with E-state index < -0.39 is 0 Å². The van der Waals surface area contributed by atoms with E-state index in [1.807, 2.05) is 48.0 Å². The summed E-state index contributed by atoms with van der Waals surface area (Å²) in [6.45, 7) is 0. The van der Waals surface area contributed by atoms with Gasteiger partial charge in [0.1, 0.15) is 11.5 Å². The van der Waals surface area contributed by atoms with Crippen LogP contribution in [0.5, 0.6) is 0 Å².